The Morgan fingerprint density at radius 2 is 1.79 bits per heavy atom. The topological polar surface area (TPSA) is 49.3 Å². The maximum Gasteiger partial charge on any atom is 0.330 e. The molecule has 5 heteroatoms. The van der Waals surface area contributed by atoms with Gasteiger partial charge in [0, 0.05) is 4.47 Å². The Bertz CT molecular complexity index is 586. The third-order valence-electron chi connectivity index (χ3n) is 2.62. The lowest BCUT2D eigenvalue weighted by atomic mass is 10.1. The first kappa shape index (κ1) is 13.9. The van der Waals surface area contributed by atoms with Crippen LogP contribution < -0.4 is 5.32 Å². The Kier molecular flexibility index (Phi) is 4.45. The molecule has 0 bridgehead atoms. The Hall–Kier alpha value is -1.52. The van der Waals surface area contributed by atoms with E-state index in [0.717, 1.165) is 4.47 Å². The summed E-state index contributed by atoms with van der Waals surface area (Å²) < 4.78 is 0.901. The van der Waals surface area contributed by atoms with E-state index in [-0.39, 0.29) is 0 Å². The zero-order chi connectivity index (χ0) is 13.8. The van der Waals surface area contributed by atoms with E-state index in [0.29, 0.717) is 16.3 Å². The van der Waals surface area contributed by atoms with Crippen molar-refractivity contribution < 1.29 is 9.90 Å². The number of benzene rings is 2. The molecule has 0 aliphatic heterocycles. The second-order valence-corrected chi connectivity index (χ2v) is 5.27. The van der Waals surface area contributed by atoms with Gasteiger partial charge in [0.15, 0.2) is 6.04 Å². The highest BCUT2D eigenvalue weighted by atomic mass is 79.9. The SMILES string of the molecule is O=C(O)C(Nc1ccccc1Cl)c1ccc(Br)cc1. The van der Waals surface area contributed by atoms with Crippen molar-refractivity contribution in [1.82, 2.24) is 0 Å². The quantitative estimate of drug-likeness (QED) is 0.870. The first-order valence-corrected chi connectivity index (χ1v) is 6.74. The number of rotatable bonds is 4. The number of carbonyl (C=O) groups is 1. The fraction of sp³-hybridized carbons (Fsp3) is 0.0714. The van der Waals surface area contributed by atoms with Crippen LogP contribution in [0.2, 0.25) is 5.02 Å². The third-order valence-corrected chi connectivity index (χ3v) is 3.48. The predicted octanol–water partition coefficient (Wildman–Crippen LogP) is 4.34. The van der Waals surface area contributed by atoms with Gasteiger partial charge in [-0.05, 0) is 29.8 Å². The van der Waals surface area contributed by atoms with Crippen LogP contribution in [0.1, 0.15) is 11.6 Å². The Labute approximate surface area is 124 Å². The average molecular weight is 341 g/mol. The van der Waals surface area contributed by atoms with Gasteiger partial charge in [0.25, 0.3) is 0 Å². The van der Waals surface area contributed by atoms with Crippen molar-refractivity contribution in [3.05, 3.63) is 63.6 Å². The number of hydrogen-bond acceptors (Lipinski definition) is 2. The van der Waals surface area contributed by atoms with E-state index < -0.39 is 12.0 Å². The van der Waals surface area contributed by atoms with Crippen LogP contribution in [-0.2, 0) is 4.79 Å². The van der Waals surface area contributed by atoms with Crippen LogP contribution in [0.15, 0.2) is 53.0 Å². The van der Waals surface area contributed by atoms with Crippen LogP contribution in [-0.4, -0.2) is 11.1 Å². The smallest absolute Gasteiger partial charge is 0.330 e. The standard InChI is InChI=1S/C14H11BrClNO2/c15-10-7-5-9(6-8-10)13(14(18)19)17-12-4-2-1-3-11(12)16/h1-8,13,17H,(H,18,19). The molecule has 98 valence electrons. The highest BCUT2D eigenvalue weighted by Gasteiger charge is 2.20. The van der Waals surface area contributed by atoms with Gasteiger partial charge in [-0.1, -0.05) is 51.8 Å². The second kappa shape index (κ2) is 6.08. The summed E-state index contributed by atoms with van der Waals surface area (Å²) >= 11 is 9.34. The molecule has 0 aliphatic rings. The van der Waals surface area contributed by atoms with Gasteiger partial charge in [0.2, 0.25) is 0 Å². The van der Waals surface area contributed by atoms with Crippen molar-refractivity contribution >= 4 is 39.2 Å². The molecule has 2 aromatic carbocycles. The van der Waals surface area contributed by atoms with Gasteiger partial charge in [0.05, 0.1) is 10.7 Å². The number of halogens is 2. The fourth-order valence-corrected chi connectivity index (χ4v) is 2.13. The molecule has 1 atom stereocenters. The van der Waals surface area contributed by atoms with Gasteiger partial charge < -0.3 is 10.4 Å². The van der Waals surface area contributed by atoms with Gasteiger partial charge in [0.1, 0.15) is 0 Å². The minimum absolute atomic E-state index is 0.492. The fourth-order valence-electron chi connectivity index (χ4n) is 1.68. The number of carboxylic acids is 1. The number of carboxylic acid groups (broad SMARTS) is 1. The summed E-state index contributed by atoms with van der Waals surface area (Å²) in [4.78, 5) is 11.4. The van der Waals surface area contributed by atoms with Crippen LogP contribution in [0, 0.1) is 0 Å². The van der Waals surface area contributed by atoms with E-state index >= 15 is 0 Å². The van der Waals surface area contributed by atoms with E-state index in [4.69, 9.17) is 11.6 Å². The first-order chi connectivity index (χ1) is 9.08. The van der Waals surface area contributed by atoms with Crippen molar-refractivity contribution in [3.63, 3.8) is 0 Å². The van der Waals surface area contributed by atoms with Crippen LogP contribution in [0.4, 0.5) is 5.69 Å². The molecule has 0 saturated carbocycles. The largest absolute Gasteiger partial charge is 0.479 e. The van der Waals surface area contributed by atoms with Crippen LogP contribution in [0.3, 0.4) is 0 Å². The lowest BCUT2D eigenvalue weighted by Crippen LogP contribution is -2.20. The molecule has 2 aromatic rings. The monoisotopic (exact) mass is 339 g/mol. The van der Waals surface area contributed by atoms with Crippen LogP contribution in [0.25, 0.3) is 0 Å². The molecule has 1 unspecified atom stereocenters. The summed E-state index contributed by atoms with van der Waals surface area (Å²) in [5.41, 5.74) is 1.26. The highest BCUT2D eigenvalue weighted by Crippen LogP contribution is 2.26. The summed E-state index contributed by atoms with van der Waals surface area (Å²) in [5.74, 6) is -0.956. The zero-order valence-corrected chi connectivity index (χ0v) is 12.1. The van der Waals surface area contributed by atoms with Gasteiger partial charge in [-0.3, -0.25) is 0 Å². The van der Waals surface area contributed by atoms with Crippen LogP contribution in [0.5, 0.6) is 0 Å². The summed E-state index contributed by atoms with van der Waals surface area (Å²) in [7, 11) is 0. The lowest BCUT2D eigenvalue weighted by molar-refractivity contribution is -0.138. The summed E-state index contributed by atoms with van der Waals surface area (Å²) in [6.07, 6.45) is 0. The Morgan fingerprint density at radius 3 is 2.37 bits per heavy atom. The summed E-state index contributed by atoms with van der Waals surface area (Å²) in [6, 6.07) is 13.3. The maximum absolute atomic E-state index is 11.4. The molecule has 0 radical (unpaired) electrons. The molecule has 0 spiro atoms. The number of aliphatic carboxylic acids is 1. The summed E-state index contributed by atoms with van der Waals surface area (Å²) in [5, 5.41) is 12.8. The molecule has 2 N–H and O–H groups in total. The predicted molar refractivity (Wildman–Crippen MR) is 79.6 cm³/mol. The molecule has 3 nitrogen and oxygen atoms in total. The van der Waals surface area contributed by atoms with Gasteiger partial charge in [-0.25, -0.2) is 4.79 Å². The highest BCUT2D eigenvalue weighted by molar-refractivity contribution is 9.10. The Morgan fingerprint density at radius 1 is 1.16 bits per heavy atom. The molecule has 0 aliphatic carbocycles. The summed E-state index contributed by atoms with van der Waals surface area (Å²) in [6.45, 7) is 0. The lowest BCUT2D eigenvalue weighted by Gasteiger charge is -2.17. The van der Waals surface area contributed by atoms with Gasteiger partial charge in [-0.15, -0.1) is 0 Å². The normalized spacial score (nSPS) is 11.9. The molecular weight excluding hydrogens is 330 g/mol. The number of nitrogens with one attached hydrogen (secondary N) is 1. The number of anilines is 1. The van der Waals surface area contributed by atoms with Crippen molar-refractivity contribution in [3.8, 4) is 0 Å². The molecule has 0 amide bonds. The van der Waals surface area contributed by atoms with Crippen molar-refractivity contribution in [2.24, 2.45) is 0 Å². The van der Waals surface area contributed by atoms with E-state index in [1.54, 1.807) is 48.5 Å². The number of hydrogen-bond donors (Lipinski definition) is 2. The third kappa shape index (κ3) is 3.49. The van der Waals surface area contributed by atoms with Crippen LogP contribution >= 0.6 is 27.5 Å². The molecule has 0 fully saturated rings. The molecule has 19 heavy (non-hydrogen) atoms. The Balaban J connectivity index is 2.29. The van der Waals surface area contributed by atoms with E-state index in [2.05, 4.69) is 21.2 Å². The van der Waals surface area contributed by atoms with Gasteiger partial charge >= 0.3 is 5.97 Å². The number of para-hydroxylation sites is 1. The van der Waals surface area contributed by atoms with Crippen molar-refractivity contribution in [2.45, 2.75) is 6.04 Å². The maximum atomic E-state index is 11.4. The van der Waals surface area contributed by atoms with Crippen molar-refractivity contribution in [1.29, 1.82) is 0 Å². The minimum atomic E-state index is -0.956. The first-order valence-electron chi connectivity index (χ1n) is 5.57. The zero-order valence-electron chi connectivity index (χ0n) is 9.81. The second-order valence-electron chi connectivity index (χ2n) is 3.95. The van der Waals surface area contributed by atoms with Crippen molar-refractivity contribution in [2.75, 3.05) is 5.32 Å². The van der Waals surface area contributed by atoms with E-state index in [9.17, 15) is 9.90 Å². The van der Waals surface area contributed by atoms with E-state index in [1.807, 2.05) is 0 Å². The molecule has 0 aromatic heterocycles. The average Bonchev–Trinajstić information content (AvgIpc) is 2.39. The molecular formula is C14H11BrClNO2. The molecule has 0 heterocycles. The van der Waals surface area contributed by atoms with Gasteiger partial charge in [-0.2, -0.15) is 0 Å². The molecule has 0 saturated heterocycles. The molecule has 2 rings (SSSR count). The van der Waals surface area contributed by atoms with E-state index in [1.165, 1.54) is 0 Å². The minimum Gasteiger partial charge on any atom is -0.479 e.